The van der Waals surface area contributed by atoms with E-state index in [9.17, 15) is 10.1 Å². The maximum absolute atomic E-state index is 11.1. The molecule has 12 nitrogen and oxygen atoms in total. The van der Waals surface area contributed by atoms with Crippen molar-refractivity contribution in [3.05, 3.63) is 37.9 Å². The van der Waals surface area contributed by atoms with Crippen molar-refractivity contribution in [3.8, 4) is 0 Å². The lowest BCUT2D eigenvalue weighted by Crippen LogP contribution is -2.40. The topological polar surface area (TPSA) is 131 Å². The number of aromatic nitrogens is 3. The molecule has 0 unspecified atom stereocenters. The molecule has 0 radical (unpaired) electrons. The van der Waals surface area contributed by atoms with Gasteiger partial charge >= 0.3 is 0 Å². The van der Waals surface area contributed by atoms with Gasteiger partial charge in [-0.25, -0.2) is 5.43 Å². The van der Waals surface area contributed by atoms with Gasteiger partial charge in [-0.05, 0) is 6.07 Å². The molecule has 2 fully saturated rings. The van der Waals surface area contributed by atoms with Crippen LogP contribution in [0.4, 0.5) is 23.5 Å². The molecule has 1 N–H and O–H groups in total. The smallest absolute Gasteiger partial charge is 0.288 e. The molecule has 4 rings (SSSR count). The van der Waals surface area contributed by atoms with Crippen LogP contribution in [0.25, 0.3) is 0 Å². The predicted molar refractivity (Wildman–Crippen MR) is 120 cm³/mol. The minimum Gasteiger partial charge on any atom is -0.378 e. The zero-order chi connectivity index (χ0) is 22.5. The number of anilines is 3. The molecule has 0 amide bonds. The number of nitro groups is 1. The van der Waals surface area contributed by atoms with Crippen molar-refractivity contribution in [2.24, 2.45) is 5.10 Å². The molecule has 1 aromatic heterocycles. The average Bonchev–Trinajstić information content (AvgIpc) is 2.82. The molecule has 2 aliphatic rings. The second kappa shape index (κ2) is 10.2. The molecule has 0 saturated carbocycles. The van der Waals surface area contributed by atoms with Gasteiger partial charge < -0.3 is 19.3 Å². The molecule has 14 heteroatoms. The number of benzene rings is 1. The molecule has 3 heterocycles. The van der Waals surface area contributed by atoms with Gasteiger partial charge in [0.1, 0.15) is 5.02 Å². The van der Waals surface area contributed by atoms with Crippen molar-refractivity contribution in [3.63, 3.8) is 0 Å². The van der Waals surface area contributed by atoms with Crippen molar-refractivity contribution in [1.82, 2.24) is 15.0 Å². The molecule has 2 saturated heterocycles. The van der Waals surface area contributed by atoms with Crippen LogP contribution in [0.5, 0.6) is 0 Å². The van der Waals surface area contributed by atoms with E-state index < -0.39 is 4.92 Å². The van der Waals surface area contributed by atoms with E-state index in [1.807, 2.05) is 9.80 Å². The Kier molecular flexibility index (Phi) is 7.15. The first-order valence-electron chi connectivity index (χ1n) is 9.86. The SMILES string of the molecule is O=[N+]([O-])c1ccc(Cl)c(/C=N\Nc2nc(N3CCOCC3)nc(N3CCOCC3)n2)c1Cl. The van der Waals surface area contributed by atoms with Crippen molar-refractivity contribution < 1.29 is 14.4 Å². The van der Waals surface area contributed by atoms with Gasteiger partial charge in [0.25, 0.3) is 5.69 Å². The van der Waals surface area contributed by atoms with Gasteiger partial charge in [-0.15, -0.1) is 0 Å². The lowest BCUT2D eigenvalue weighted by atomic mass is 10.2. The molecule has 0 spiro atoms. The minimum absolute atomic E-state index is 0.105. The summed E-state index contributed by atoms with van der Waals surface area (Å²) in [5.41, 5.74) is 2.71. The highest BCUT2D eigenvalue weighted by atomic mass is 35.5. The predicted octanol–water partition coefficient (Wildman–Crippen LogP) is 2.21. The van der Waals surface area contributed by atoms with Crippen LogP contribution in [0.2, 0.25) is 10.0 Å². The summed E-state index contributed by atoms with van der Waals surface area (Å²) in [5.74, 6) is 1.24. The van der Waals surface area contributed by atoms with Gasteiger partial charge in [-0.1, -0.05) is 23.2 Å². The number of morpholine rings is 2. The number of hydrazone groups is 1. The van der Waals surface area contributed by atoms with Gasteiger partial charge in [-0.3, -0.25) is 10.1 Å². The minimum atomic E-state index is -0.585. The fourth-order valence-electron chi connectivity index (χ4n) is 3.19. The van der Waals surface area contributed by atoms with Crippen LogP contribution >= 0.6 is 23.2 Å². The van der Waals surface area contributed by atoms with Crippen molar-refractivity contribution >= 4 is 52.9 Å². The fraction of sp³-hybridized carbons (Fsp3) is 0.444. The number of hydrogen-bond acceptors (Lipinski definition) is 11. The van der Waals surface area contributed by atoms with E-state index in [1.165, 1.54) is 18.3 Å². The molecule has 0 aliphatic carbocycles. The van der Waals surface area contributed by atoms with E-state index in [4.69, 9.17) is 32.7 Å². The van der Waals surface area contributed by atoms with E-state index in [2.05, 4.69) is 25.5 Å². The number of nitrogens with one attached hydrogen (secondary N) is 1. The van der Waals surface area contributed by atoms with E-state index in [1.54, 1.807) is 0 Å². The number of nitro benzene ring substituents is 1. The first-order chi connectivity index (χ1) is 15.5. The number of hydrogen-bond donors (Lipinski definition) is 1. The highest BCUT2D eigenvalue weighted by molar-refractivity contribution is 6.40. The van der Waals surface area contributed by atoms with Gasteiger partial charge in [0.15, 0.2) is 0 Å². The Balaban J connectivity index is 1.60. The van der Waals surface area contributed by atoms with Crippen molar-refractivity contribution in [2.45, 2.75) is 0 Å². The number of nitrogens with zero attached hydrogens (tertiary/aromatic N) is 7. The molecule has 170 valence electrons. The third kappa shape index (κ3) is 5.15. The number of ether oxygens (including phenoxy) is 2. The van der Waals surface area contributed by atoms with E-state index in [0.29, 0.717) is 64.5 Å². The highest BCUT2D eigenvalue weighted by Crippen LogP contribution is 2.32. The van der Waals surface area contributed by atoms with E-state index >= 15 is 0 Å². The van der Waals surface area contributed by atoms with Gasteiger partial charge in [0.2, 0.25) is 17.8 Å². The zero-order valence-corrected chi connectivity index (χ0v) is 18.4. The fourth-order valence-corrected chi connectivity index (χ4v) is 3.72. The second-order valence-corrected chi connectivity index (χ2v) is 7.66. The molecule has 32 heavy (non-hydrogen) atoms. The Labute approximate surface area is 193 Å². The van der Waals surface area contributed by atoms with E-state index in [-0.39, 0.29) is 27.2 Å². The Morgan fingerprint density at radius 2 is 1.56 bits per heavy atom. The standard InChI is InChI=1S/C18H20Cl2N8O4/c19-13-1-2-14(28(29)30)15(20)12(13)11-21-25-16-22-17(26-3-7-31-8-4-26)24-18(23-16)27-5-9-32-10-6-27/h1-2,11H,3-10H2,(H,22,23,24,25)/b21-11-. The monoisotopic (exact) mass is 482 g/mol. The first kappa shape index (κ1) is 22.4. The maximum Gasteiger partial charge on any atom is 0.288 e. The zero-order valence-electron chi connectivity index (χ0n) is 16.9. The summed E-state index contributed by atoms with van der Waals surface area (Å²) in [6.07, 6.45) is 1.30. The second-order valence-electron chi connectivity index (χ2n) is 6.88. The van der Waals surface area contributed by atoms with E-state index in [0.717, 1.165) is 0 Å². The quantitative estimate of drug-likeness (QED) is 0.371. The molecule has 1 aromatic carbocycles. The number of halogens is 2. The lowest BCUT2D eigenvalue weighted by molar-refractivity contribution is -0.384. The largest absolute Gasteiger partial charge is 0.378 e. The van der Waals surface area contributed by atoms with Crippen LogP contribution in [0.3, 0.4) is 0 Å². The average molecular weight is 483 g/mol. The summed E-state index contributed by atoms with van der Waals surface area (Å²) in [6.45, 7) is 4.99. The Bertz CT molecular complexity index is 976. The van der Waals surface area contributed by atoms with Crippen LogP contribution in [0.15, 0.2) is 17.2 Å². The molecule has 2 aliphatic heterocycles. The Morgan fingerprint density at radius 1 is 1.00 bits per heavy atom. The lowest BCUT2D eigenvalue weighted by Gasteiger charge is -2.30. The van der Waals surface area contributed by atoms with Crippen molar-refractivity contribution in [1.29, 1.82) is 0 Å². The molecule has 2 aromatic rings. The van der Waals surface area contributed by atoms with Gasteiger partial charge in [-0.2, -0.15) is 20.1 Å². The molecule has 0 atom stereocenters. The highest BCUT2D eigenvalue weighted by Gasteiger charge is 2.21. The number of rotatable bonds is 6. The summed E-state index contributed by atoms with van der Waals surface area (Å²) in [6, 6.07) is 2.63. The summed E-state index contributed by atoms with van der Waals surface area (Å²) in [7, 11) is 0. The molecule has 0 bridgehead atoms. The van der Waals surface area contributed by atoms with Crippen molar-refractivity contribution in [2.75, 3.05) is 67.8 Å². The summed E-state index contributed by atoms with van der Waals surface area (Å²) < 4.78 is 10.8. The first-order valence-corrected chi connectivity index (χ1v) is 10.6. The van der Waals surface area contributed by atoms with Crippen LogP contribution in [-0.4, -0.2) is 78.7 Å². The van der Waals surface area contributed by atoms with Crippen LogP contribution in [0.1, 0.15) is 5.56 Å². The summed E-state index contributed by atoms with van der Waals surface area (Å²) in [5, 5.41) is 15.3. The summed E-state index contributed by atoms with van der Waals surface area (Å²) >= 11 is 12.3. The van der Waals surface area contributed by atoms with Gasteiger partial charge in [0, 0.05) is 37.8 Å². The molecular weight excluding hydrogens is 463 g/mol. The van der Waals surface area contributed by atoms with Gasteiger partial charge in [0.05, 0.1) is 42.6 Å². The normalized spacial score (nSPS) is 17.1. The Morgan fingerprint density at radius 3 is 2.09 bits per heavy atom. The van der Waals surface area contributed by atoms with Crippen LogP contribution < -0.4 is 15.2 Å². The molecular formula is C18H20Cl2N8O4. The third-order valence-electron chi connectivity index (χ3n) is 4.86. The maximum atomic E-state index is 11.1. The summed E-state index contributed by atoms with van der Waals surface area (Å²) in [4.78, 5) is 28.1. The van der Waals surface area contributed by atoms with Crippen LogP contribution in [0, 0.1) is 10.1 Å². The Hall–Kier alpha value is -2.80. The third-order valence-corrected chi connectivity index (χ3v) is 5.59. The van der Waals surface area contributed by atoms with Crippen LogP contribution in [-0.2, 0) is 9.47 Å².